The van der Waals surface area contributed by atoms with E-state index in [1.165, 1.54) is 23.6 Å². The van der Waals surface area contributed by atoms with Gasteiger partial charge in [0.2, 0.25) is 0 Å². The Hall–Kier alpha value is -1.72. The molecule has 0 spiro atoms. The van der Waals surface area contributed by atoms with Gasteiger partial charge in [0.1, 0.15) is 13.9 Å². The van der Waals surface area contributed by atoms with Gasteiger partial charge in [-0.1, -0.05) is 36.0 Å². The van der Waals surface area contributed by atoms with E-state index < -0.39 is 17.9 Å². The monoisotopic (exact) mass is 332 g/mol. The highest BCUT2D eigenvalue weighted by molar-refractivity contribution is 7.90. The lowest BCUT2D eigenvalue weighted by atomic mass is 10.3. The van der Waals surface area contributed by atoms with Gasteiger partial charge in [0.05, 0.1) is 4.90 Å². The predicted molar refractivity (Wildman–Crippen MR) is 89.5 cm³/mol. The van der Waals surface area contributed by atoms with E-state index in [0.29, 0.717) is 4.90 Å². The molecule has 1 atom stereocenters. The van der Waals surface area contributed by atoms with Crippen LogP contribution in [-0.2, 0) is 9.84 Å². The predicted octanol–water partition coefficient (Wildman–Crippen LogP) is 2.29. The number of benzene rings is 2. The minimum atomic E-state index is -3.19. The summed E-state index contributed by atoms with van der Waals surface area (Å²) in [4.78, 5) is 0.335. The molecule has 1 heterocycles. The standard InChI is InChI=1S/C17H17FO2SSi/c1-21(19,20)15-6-10-17(11-7-15)22(12-2-3-13-22)16-8-4-14(18)5-9-16/h2,4-12H,3,13H2,1H3. The van der Waals surface area contributed by atoms with Crippen LogP contribution in [0, 0.1) is 5.82 Å². The van der Waals surface area contributed by atoms with Crippen molar-refractivity contribution in [1.82, 2.24) is 0 Å². The van der Waals surface area contributed by atoms with Crippen molar-refractivity contribution < 1.29 is 12.8 Å². The van der Waals surface area contributed by atoms with E-state index in [4.69, 9.17) is 0 Å². The number of allylic oxidation sites excluding steroid dienone is 1. The third-order valence-electron chi connectivity index (χ3n) is 4.26. The number of sulfone groups is 1. The molecule has 1 aliphatic heterocycles. The molecule has 1 aliphatic rings. The summed E-state index contributed by atoms with van der Waals surface area (Å²) >= 11 is 0. The molecule has 3 rings (SSSR count). The maximum Gasteiger partial charge on any atom is 0.175 e. The highest BCUT2D eigenvalue weighted by Crippen LogP contribution is 2.23. The minimum absolute atomic E-state index is 0.234. The number of hydrogen-bond donors (Lipinski definition) is 0. The average Bonchev–Trinajstić information content (AvgIpc) is 2.98. The fourth-order valence-corrected chi connectivity index (χ4v) is 7.88. The van der Waals surface area contributed by atoms with Crippen molar-refractivity contribution in [3.8, 4) is 0 Å². The second-order valence-corrected chi connectivity index (χ2v) is 11.7. The van der Waals surface area contributed by atoms with Gasteiger partial charge in [0.25, 0.3) is 0 Å². The first-order chi connectivity index (χ1) is 10.4. The maximum absolute atomic E-state index is 13.2. The zero-order chi connectivity index (χ0) is 15.8. The Morgan fingerprint density at radius 1 is 0.955 bits per heavy atom. The second kappa shape index (κ2) is 5.48. The van der Waals surface area contributed by atoms with Crippen LogP contribution >= 0.6 is 0 Å². The van der Waals surface area contributed by atoms with Crippen LogP contribution < -0.4 is 10.4 Å². The van der Waals surface area contributed by atoms with Crippen molar-refractivity contribution in [2.45, 2.75) is 17.4 Å². The smallest absolute Gasteiger partial charge is 0.175 e. The van der Waals surface area contributed by atoms with Crippen LogP contribution in [0.2, 0.25) is 6.04 Å². The van der Waals surface area contributed by atoms with Crippen molar-refractivity contribution in [2.24, 2.45) is 0 Å². The summed E-state index contributed by atoms with van der Waals surface area (Å²) in [5, 5.41) is 2.33. The van der Waals surface area contributed by atoms with Crippen LogP contribution in [0.5, 0.6) is 0 Å². The number of rotatable bonds is 3. The summed E-state index contributed by atoms with van der Waals surface area (Å²) in [6.07, 6.45) is 4.40. The fraction of sp³-hybridized carbons (Fsp3) is 0.176. The van der Waals surface area contributed by atoms with Crippen LogP contribution in [0.1, 0.15) is 6.42 Å². The summed E-state index contributed by atoms with van der Waals surface area (Å²) < 4.78 is 36.4. The topological polar surface area (TPSA) is 34.1 Å². The molecule has 0 bridgehead atoms. The molecule has 5 heteroatoms. The van der Waals surface area contributed by atoms with Crippen LogP contribution in [0.4, 0.5) is 4.39 Å². The van der Waals surface area contributed by atoms with Gasteiger partial charge in [-0.05, 0) is 47.1 Å². The average molecular weight is 332 g/mol. The molecular formula is C17H17FO2SSi. The van der Waals surface area contributed by atoms with Gasteiger partial charge in [-0.3, -0.25) is 0 Å². The third-order valence-corrected chi connectivity index (χ3v) is 10.0. The first-order valence-corrected chi connectivity index (χ1v) is 11.3. The molecule has 2 aromatic rings. The molecule has 0 amide bonds. The molecule has 114 valence electrons. The SMILES string of the molecule is CS(=O)(=O)c1ccc([Si]2(c3ccc(F)cc3)C=CCC2)cc1. The summed E-state index contributed by atoms with van der Waals surface area (Å²) in [6.45, 7) is 0. The Kier molecular flexibility index (Phi) is 3.78. The molecule has 22 heavy (non-hydrogen) atoms. The molecule has 0 aliphatic carbocycles. The highest BCUT2D eigenvalue weighted by atomic mass is 32.2. The lowest BCUT2D eigenvalue weighted by molar-refractivity contribution is 0.602. The van der Waals surface area contributed by atoms with Crippen LogP contribution in [0.15, 0.2) is 65.2 Å². The Bertz CT molecular complexity index is 811. The molecule has 0 fully saturated rings. The summed E-state index contributed by atoms with van der Waals surface area (Å²) in [5.41, 5.74) is 2.27. The minimum Gasteiger partial charge on any atom is -0.224 e. The van der Waals surface area contributed by atoms with E-state index in [0.717, 1.165) is 17.7 Å². The second-order valence-electron chi connectivity index (χ2n) is 5.72. The Morgan fingerprint density at radius 3 is 1.95 bits per heavy atom. The van der Waals surface area contributed by atoms with Crippen LogP contribution in [0.3, 0.4) is 0 Å². The lowest BCUT2D eigenvalue weighted by Crippen LogP contribution is -2.55. The van der Waals surface area contributed by atoms with E-state index in [2.05, 4.69) is 11.8 Å². The van der Waals surface area contributed by atoms with E-state index in [1.807, 2.05) is 24.3 Å². The summed E-state index contributed by atoms with van der Waals surface area (Å²) in [6, 6.07) is 15.0. The van der Waals surface area contributed by atoms with Gasteiger partial charge in [0, 0.05) is 6.26 Å². The van der Waals surface area contributed by atoms with Crippen molar-refractivity contribution in [3.05, 3.63) is 66.1 Å². The molecule has 0 aromatic heterocycles. The van der Waals surface area contributed by atoms with Gasteiger partial charge < -0.3 is 0 Å². The fourth-order valence-electron chi connectivity index (χ4n) is 3.07. The quantitative estimate of drug-likeness (QED) is 0.808. The number of hydrogen-bond acceptors (Lipinski definition) is 2. The van der Waals surface area contributed by atoms with Gasteiger partial charge in [-0.15, -0.1) is 0 Å². The van der Waals surface area contributed by atoms with E-state index in [1.54, 1.807) is 12.1 Å². The van der Waals surface area contributed by atoms with E-state index in [-0.39, 0.29) is 5.82 Å². The zero-order valence-corrected chi connectivity index (χ0v) is 14.1. The largest absolute Gasteiger partial charge is 0.224 e. The molecule has 0 saturated heterocycles. The van der Waals surface area contributed by atoms with Gasteiger partial charge in [-0.25, -0.2) is 12.8 Å². The van der Waals surface area contributed by atoms with Crippen LogP contribution in [-0.4, -0.2) is 22.7 Å². The van der Waals surface area contributed by atoms with E-state index in [9.17, 15) is 12.8 Å². The molecule has 2 nitrogen and oxygen atoms in total. The molecule has 0 radical (unpaired) electrons. The van der Waals surface area contributed by atoms with Crippen LogP contribution in [0.25, 0.3) is 0 Å². The Balaban J connectivity index is 2.09. The Morgan fingerprint density at radius 2 is 1.50 bits per heavy atom. The zero-order valence-electron chi connectivity index (χ0n) is 12.3. The number of halogens is 1. The van der Waals surface area contributed by atoms with Gasteiger partial charge in [-0.2, -0.15) is 0 Å². The van der Waals surface area contributed by atoms with E-state index >= 15 is 0 Å². The first kappa shape index (κ1) is 15.2. The maximum atomic E-state index is 13.2. The third kappa shape index (κ3) is 2.66. The lowest BCUT2D eigenvalue weighted by Gasteiger charge is -2.26. The molecule has 1 unspecified atom stereocenters. The molecule has 2 aromatic carbocycles. The van der Waals surface area contributed by atoms with Gasteiger partial charge in [0.15, 0.2) is 9.84 Å². The normalized spacial score (nSPS) is 21.2. The van der Waals surface area contributed by atoms with Crippen molar-refractivity contribution in [2.75, 3.05) is 6.26 Å². The summed E-state index contributed by atoms with van der Waals surface area (Å²) in [5.74, 6) is -0.234. The Labute approximate surface area is 131 Å². The molecular weight excluding hydrogens is 315 g/mol. The molecule has 0 N–H and O–H groups in total. The highest BCUT2D eigenvalue weighted by Gasteiger charge is 2.36. The van der Waals surface area contributed by atoms with Crippen molar-refractivity contribution in [3.63, 3.8) is 0 Å². The molecule has 0 saturated carbocycles. The first-order valence-electron chi connectivity index (χ1n) is 7.16. The van der Waals surface area contributed by atoms with Crippen molar-refractivity contribution >= 4 is 28.3 Å². The summed E-state index contributed by atoms with van der Waals surface area (Å²) in [7, 11) is -5.22. The van der Waals surface area contributed by atoms with Gasteiger partial charge >= 0.3 is 0 Å². The van der Waals surface area contributed by atoms with Crippen molar-refractivity contribution in [1.29, 1.82) is 0 Å².